The van der Waals surface area contributed by atoms with Gasteiger partial charge >= 0.3 is 8.84 Å². The standard InChI is InChI=1S/C24H28NOSi.2C2H6N.Ti/c1-24(2,3)25(4,5)27(26)19-15-22-20-12-8-6-10-17(20)14-18-11-7-9-13-21(18)23(22)16-19;2*1-3-2;/h6-13,15-16,19H,14H2,1-5H3;2*1-2H3;/q+1;2*-1;. The summed E-state index contributed by atoms with van der Waals surface area (Å²) in [6, 6.07) is 17.3. The maximum atomic E-state index is 13.6. The Balaban J connectivity index is 0.000000751. The molecule has 0 unspecified atom stereocenters. The quantitative estimate of drug-likeness (QED) is 0.427. The molecule has 0 heterocycles. The normalized spacial score (nSPS) is 14.3. The fraction of sp³-hybridized carbons (Fsp3) is 0.429. The minimum absolute atomic E-state index is 0. The molecule has 0 fully saturated rings. The van der Waals surface area contributed by atoms with Crippen LogP contribution in [0.15, 0.2) is 60.7 Å². The average Bonchev–Trinajstić information content (AvgIpc) is 3.14. The zero-order valence-electron chi connectivity index (χ0n) is 22.3. The second-order valence-electron chi connectivity index (χ2n) is 10.0. The first-order valence-corrected chi connectivity index (χ1v) is 12.9. The van der Waals surface area contributed by atoms with E-state index in [0.717, 1.165) is 6.42 Å². The molecule has 182 valence electrons. The molecule has 0 radical (unpaired) electrons. The molecule has 0 aliphatic heterocycles. The molecule has 2 aromatic rings. The number of benzene rings is 2. The van der Waals surface area contributed by atoms with Crippen molar-refractivity contribution < 1.29 is 30.3 Å². The topological polar surface area (TPSA) is 45.3 Å². The van der Waals surface area contributed by atoms with Gasteiger partial charge in [0, 0.05) is 21.7 Å². The van der Waals surface area contributed by atoms with E-state index < -0.39 is 8.84 Å². The van der Waals surface area contributed by atoms with Crippen LogP contribution in [0.1, 0.15) is 43.0 Å². The molecule has 0 atom stereocenters. The van der Waals surface area contributed by atoms with Crippen LogP contribution in [0.25, 0.3) is 21.8 Å². The van der Waals surface area contributed by atoms with Crippen LogP contribution in [0.4, 0.5) is 0 Å². The van der Waals surface area contributed by atoms with E-state index in [1.807, 2.05) is 0 Å². The molecule has 0 aromatic heterocycles. The first-order valence-electron chi connectivity index (χ1n) is 11.5. The molecular formula is C28H40N3OSiTi-. The van der Waals surface area contributed by atoms with Gasteiger partial charge in [-0.1, -0.05) is 60.7 Å². The van der Waals surface area contributed by atoms with Crippen molar-refractivity contribution in [2.75, 3.05) is 42.3 Å². The van der Waals surface area contributed by atoms with E-state index in [1.165, 1.54) is 33.4 Å². The van der Waals surface area contributed by atoms with E-state index in [2.05, 4.69) is 106 Å². The van der Waals surface area contributed by atoms with Crippen LogP contribution in [0.5, 0.6) is 0 Å². The van der Waals surface area contributed by atoms with E-state index in [1.54, 1.807) is 28.2 Å². The van der Waals surface area contributed by atoms with E-state index in [-0.39, 0.29) is 32.8 Å². The summed E-state index contributed by atoms with van der Waals surface area (Å²) in [5, 5.41) is 7.00. The fourth-order valence-corrected chi connectivity index (χ4v) is 6.01. The van der Waals surface area contributed by atoms with Gasteiger partial charge in [0.25, 0.3) is 0 Å². The van der Waals surface area contributed by atoms with Gasteiger partial charge in [0.2, 0.25) is 0 Å². The van der Waals surface area contributed by atoms with Crippen LogP contribution in [0.2, 0.25) is 5.54 Å². The molecule has 2 aliphatic carbocycles. The summed E-state index contributed by atoms with van der Waals surface area (Å²) in [7, 11) is 9.27. The largest absolute Gasteiger partial charge is 0.668 e. The maximum absolute atomic E-state index is 13.6. The Bertz CT molecular complexity index is 974. The zero-order valence-corrected chi connectivity index (χ0v) is 24.9. The summed E-state index contributed by atoms with van der Waals surface area (Å²) in [6.45, 7) is 6.52. The van der Waals surface area contributed by atoms with Gasteiger partial charge in [0.15, 0.2) is 0 Å². The number of nitrogens with zero attached hydrogens (tertiary/aromatic N) is 3. The molecule has 0 spiro atoms. The van der Waals surface area contributed by atoms with Gasteiger partial charge in [-0.2, -0.15) is 28.2 Å². The van der Waals surface area contributed by atoms with E-state index in [9.17, 15) is 4.46 Å². The van der Waals surface area contributed by atoms with Gasteiger partial charge < -0.3 is 19.2 Å². The molecule has 0 saturated heterocycles. The summed E-state index contributed by atoms with van der Waals surface area (Å²) in [5.74, 6) is 0. The third-order valence-electron chi connectivity index (χ3n) is 6.49. The third-order valence-corrected chi connectivity index (χ3v) is 9.17. The molecule has 6 heteroatoms. The Labute approximate surface area is 223 Å². The third kappa shape index (κ3) is 6.60. The molecule has 34 heavy (non-hydrogen) atoms. The molecule has 0 saturated carbocycles. The predicted octanol–water partition coefficient (Wildman–Crippen LogP) is 6.47. The van der Waals surface area contributed by atoms with Crippen LogP contribution in [0.3, 0.4) is 0 Å². The van der Waals surface area contributed by atoms with E-state index in [0.29, 0.717) is 4.15 Å². The minimum atomic E-state index is -1.94. The number of hydrogen-bond donors (Lipinski definition) is 0. The van der Waals surface area contributed by atoms with Crippen molar-refractivity contribution in [3.63, 3.8) is 0 Å². The average molecular weight is 511 g/mol. The van der Waals surface area contributed by atoms with Crippen molar-refractivity contribution in [3.8, 4) is 0 Å². The van der Waals surface area contributed by atoms with Crippen molar-refractivity contribution in [1.82, 2.24) is 0 Å². The Morgan fingerprint density at radius 3 is 1.50 bits per heavy atom. The molecule has 2 aliphatic rings. The Morgan fingerprint density at radius 2 is 1.15 bits per heavy atom. The van der Waals surface area contributed by atoms with Gasteiger partial charge in [-0.05, 0) is 60.6 Å². The van der Waals surface area contributed by atoms with Crippen LogP contribution >= 0.6 is 0 Å². The van der Waals surface area contributed by atoms with Crippen molar-refractivity contribution in [2.24, 2.45) is 0 Å². The van der Waals surface area contributed by atoms with Gasteiger partial charge in [0.1, 0.15) is 0 Å². The zero-order chi connectivity index (χ0) is 24.8. The minimum Gasteiger partial charge on any atom is -0.668 e. The summed E-state index contributed by atoms with van der Waals surface area (Å²) >= 11 is 0. The summed E-state index contributed by atoms with van der Waals surface area (Å²) in [5.41, 5.74) is 7.73. The van der Waals surface area contributed by atoms with Gasteiger partial charge in [-0.15, -0.1) is 0 Å². The summed E-state index contributed by atoms with van der Waals surface area (Å²) in [4.78, 5) is 0. The Morgan fingerprint density at radius 1 is 0.794 bits per heavy atom. The summed E-state index contributed by atoms with van der Waals surface area (Å²) < 4.78 is 14.2. The Hall–Kier alpha value is -1.47. The van der Waals surface area contributed by atoms with Crippen LogP contribution in [-0.4, -0.2) is 60.8 Å². The molecule has 4 rings (SSSR count). The second-order valence-corrected chi connectivity index (χ2v) is 12.5. The molecule has 0 N–H and O–H groups in total. The van der Waals surface area contributed by atoms with Crippen molar-refractivity contribution in [2.45, 2.75) is 38.3 Å². The van der Waals surface area contributed by atoms with Crippen LogP contribution in [0, 0.1) is 0 Å². The van der Waals surface area contributed by atoms with E-state index in [4.69, 9.17) is 0 Å². The number of hydrogen-bond acceptors (Lipinski definition) is 1. The van der Waals surface area contributed by atoms with Crippen molar-refractivity contribution >= 4 is 20.0 Å². The summed E-state index contributed by atoms with van der Waals surface area (Å²) in [6.07, 6.45) is 5.48. The van der Waals surface area contributed by atoms with Crippen LogP contribution in [-0.2, 0) is 32.6 Å². The molecule has 4 nitrogen and oxygen atoms in total. The van der Waals surface area contributed by atoms with Crippen LogP contribution < -0.4 is 0 Å². The van der Waals surface area contributed by atoms with Gasteiger partial charge in [-0.3, -0.25) is 0 Å². The fourth-order valence-electron chi connectivity index (χ4n) is 3.98. The first kappa shape index (κ1) is 30.6. The SMILES string of the molecule is CC(C)(C)[N+](C)(C)[Si](=O)C1C=C2C(=C1)c1ccccc1Cc1ccccc12.C[N-]C.C[N-]C.[Ti]. The van der Waals surface area contributed by atoms with Gasteiger partial charge in [0.05, 0.1) is 25.2 Å². The maximum Gasteiger partial charge on any atom is 0.564 e. The van der Waals surface area contributed by atoms with Gasteiger partial charge in [-0.25, -0.2) is 0 Å². The Kier molecular flexibility index (Phi) is 11.7. The number of rotatable bonds is 2. The second kappa shape index (κ2) is 13.0. The van der Waals surface area contributed by atoms with Crippen molar-refractivity contribution in [1.29, 1.82) is 0 Å². The molecule has 2 aromatic carbocycles. The smallest absolute Gasteiger partial charge is 0.564 e. The number of allylic oxidation sites excluding steroid dienone is 4. The molecule has 0 amide bonds. The molecular weight excluding hydrogens is 470 g/mol. The predicted molar refractivity (Wildman–Crippen MR) is 144 cm³/mol. The number of quaternary nitrogens is 1. The van der Waals surface area contributed by atoms with E-state index >= 15 is 0 Å². The first-order chi connectivity index (χ1) is 15.5. The molecule has 0 bridgehead atoms. The monoisotopic (exact) mass is 510 g/mol. The number of fused-ring (bicyclic) bond motifs is 5. The van der Waals surface area contributed by atoms with Crippen molar-refractivity contribution in [3.05, 3.63) is 93.6 Å².